The first-order valence-electron chi connectivity index (χ1n) is 10.4. The molecule has 4 nitrogen and oxygen atoms in total. The Morgan fingerprint density at radius 1 is 1.29 bits per heavy atom. The first-order chi connectivity index (χ1) is 14.5. The molecule has 3 atom stereocenters. The van der Waals surface area contributed by atoms with Crippen molar-refractivity contribution >= 4 is 29.0 Å². The lowest BCUT2D eigenvalue weighted by molar-refractivity contribution is -0.137. The zero-order valence-corrected chi connectivity index (χ0v) is 18.8. The van der Waals surface area contributed by atoms with Crippen molar-refractivity contribution < 1.29 is 18.0 Å². The summed E-state index contributed by atoms with van der Waals surface area (Å²) in [4.78, 5) is 21.1. The van der Waals surface area contributed by atoms with Gasteiger partial charge in [0, 0.05) is 18.8 Å². The van der Waals surface area contributed by atoms with Gasteiger partial charge in [0.25, 0.3) is 0 Å². The maximum Gasteiger partial charge on any atom is 0.416 e. The van der Waals surface area contributed by atoms with Crippen LogP contribution in [0.25, 0.3) is 0 Å². The van der Waals surface area contributed by atoms with E-state index in [0.717, 1.165) is 36.2 Å². The fourth-order valence-electron chi connectivity index (χ4n) is 4.40. The molecule has 8 heteroatoms. The normalized spacial score (nSPS) is 21.4. The number of amides is 1. The minimum atomic E-state index is -4.55. The molecule has 0 saturated carbocycles. The lowest BCUT2D eigenvalue weighted by Crippen LogP contribution is -2.49. The van der Waals surface area contributed by atoms with Crippen LogP contribution in [0.3, 0.4) is 0 Å². The SMILES string of the molecule is CCCC1CC(C)C(C(=O)N(C)c2cccc(C)c2)N1c1cc(C(F)(F)F)cc(Cl)n1. The Kier molecular flexibility index (Phi) is 6.84. The number of benzene rings is 1. The summed E-state index contributed by atoms with van der Waals surface area (Å²) >= 11 is 5.97. The molecule has 31 heavy (non-hydrogen) atoms. The second-order valence-electron chi connectivity index (χ2n) is 8.28. The summed E-state index contributed by atoms with van der Waals surface area (Å²) < 4.78 is 40.3. The van der Waals surface area contributed by atoms with E-state index in [2.05, 4.69) is 4.98 Å². The van der Waals surface area contributed by atoms with Crippen LogP contribution in [0, 0.1) is 12.8 Å². The topological polar surface area (TPSA) is 36.4 Å². The van der Waals surface area contributed by atoms with E-state index in [0.29, 0.717) is 6.42 Å². The van der Waals surface area contributed by atoms with Crippen molar-refractivity contribution in [1.82, 2.24) is 4.98 Å². The van der Waals surface area contributed by atoms with Gasteiger partial charge in [-0.1, -0.05) is 44.0 Å². The molecule has 1 aromatic carbocycles. The number of aryl methyl sites for hydroxylation is 1. The lowest BCUT2D eigenvalue weighted by atomic mass is 9.99. The van der Waals surface area contributed by atoms with Gasteiger partial charge in [0.1, 0.15) is 17.0 Å². The molecule has 1 aromatic heterocycles. The molecule has 0 aliphatic carbocycles. The Labute approximate surface area is 186 Å². The molecule has 1 aliphatic heterocycles. The predicted molar refractivity (Wildman–Crippen MR) is 118 cm³/mol. The van der Waals surface area contributed by atoms with E-state index >= 15 is 0 Å². The zero-order chi connectivity index (χ0) is 22.9. The molecular weight excluding hydrogens is 427 g/mol. The molecule has 1 amide bonds. The van der Waals surface area contributed by atoms with E-state index < -0.39 is 17.8 Å². The number of rotatable bonds is 5. The van der Waals surface area contributed by atoms with Gasteiger partial charge in [0.2, 0.25) is 5.91 Å². The van der Waals surface area contributed by atoms with Gasteiger partial charge in [-0.15, -0.1) is 0 Å². The number of likely N-dealkylation sites (N-methyl/N-ethyl adjacent to an activating group) is 1. The molecule has 0 bridgehead atoms. The zero-order valence-electron chi connectivity index (χ0n) is 18.1. The Bertz CT molecular complexity index is 950. The summed E-state index contributed by atoms with van der Waals surface area (Å²) in [5.74, 6) is -0.128. The third-order valence-corrected chi connectivity index (χ3v) is 6.04. The van der Waals surface area contributed by atoms with Crippen molar-refractivity contribution in [2.24, 2.45) is 5.92 Å². The molecule has 0 spiro atoms. The number of carbonyl (C=O) groups is 1. The maximum absolute atomic E-state index is 13.6. The molecule has 2 heterocycles. The second-order valence-corrected chi connectivity index (χ2v) is 8.67. The highest BCUT2D eigenvalue weighted by atomic mass is 35.5. The number of anilines is 2. The number of hydrogen-bond acceptors (Lipinski definition) is 3. The Hall–Kier alpha value is -2.28. The van der Waals surface area contributed by atoms with Gasteiger partial charge in [-0.3, -0.25) is 4.79 Å². The van der Waals surface area contributed by atoms with Crippen LogP contribution in [0.4, 0.5) is 24.7 Å². The summed E-state index contributed by atoms with van der Waals surface area (Å²) in [6.45, 7) is 5.92. The third kappa shape index (κ3) is 4.97. The predicted octanol–water partition coefficient (Wildman–Crippen LogP) is 6.11. The van der Waals surface area contributed by atoms with E-state index in [1.165, 1.54) is 0 Å². The standard InChI is InChI=1S/C23H27ClF3N3O/c1-5-7-18-11-15(3)21(22(31)29(4)17-9-6-8-14(2)10-17)30(18)20-13-16(23(25,26)27)12-19(24)28-20/h6,8-10,12-13,15,18,21H,5,7,11H2,1-4H3. The smallest absolute Gasteiger partial charge is 0.341 e. The highest BCUT2D eigenvalue weighted by Gasteiger charge is 2.45. The number of pyridine rings is 1. The van der Waals surface area contributed by atoms with Crippen molar-refractivity contribution in [3.8, 4) is 0 Å². The minimum absolute atomic E-state index is 0.0496. The van der Waals surface area contributed by atoms with Crippen LogP contribution in [0.5, 0.6) is 0 Å². The van der Waals surface area contributed by atoms with Gasteiger partial charge in [-0.05, 0) is 55.5 Å². The molecule has 0 radical (unpaired) electrons. The number of hydrogen-bond donors (Lipinski definition) is 0. The van der Waals surface area contributed by atoms with Crippen LogP contribution in [0.2, 0.25) is 5.15 Å². The van der Waals surface area contributed by atoms with E-state index in [1.807, 2.05) is 45.0 Å². The second kappa shape index (κ2) is 9.07. The molecule has 3 unspecified atom stereocenters. The van der Waals surface area contributed by atoms with Gasteiger partial charge >= 0.3 is 6.18 Å². The van der Waals surface area contributed by atoms with Crippen LogP contribution in [0.15, 0.2) is 36.4 Å². The van der Waals surface area contributed by atoms with Crippen molar-refractivity contribution in [3.63, 3.8) is 0 Å². The van der Waals surface area contributed by atoms with Crippen molar-refractivity contribution in [2.75, 3.05) is 16.8 Å². The fourth-order valence-corrected chi connectivity index (χ4v) is 4.60. The van der Waals surface area contributed by atoms with Gasteiger partial charge in [0.05, 0.1) is 5.56 Å². The number of carbonyl (C=O) groups excluding carboxylic acids is 1. The Morgan fingerprint density at radius 3 is 2.61 bits per heavy atom. The van der Waals surface area contributed by atoms with Crippen molar-refractivity contribution in [2.45, 2.75) is 58.3 Å². The lowest BCUT2D eigenvalue weighted by Gasteiger charge is -2.34. The fraction of sp³-hybridized carbons (Fsp3) is 0.478. The Morgan fingerprint density at radius 2 is 2.00 bits per heavy atom. The van der Waals surface area contributed by atoms with Crippen molar-refractivity contribution in [3.05, 3.63) is 52.7 Å². The van der Waals surface area contributed by atoms with Gasteiger partial charge < -0.3 is 9.80 Å². The van der Waals surface area contributed by atoms with Gasteiger partial charge in [-0.25, -0.2) is 4.98 Å². The third-order valence-electron chi connectivity index (χ3n) is 5.84. The summed E-state index contributed by atoms with van der Waals surface area (Å²) in [6.07, 6.45) is -2.26. The average Bonchev–Trinajstić information content (AvgIpc) is 3.01. The number of aromatic nitrogens is 1. The molecular formula is C23H27ClF3N3O. The Balaban J connectivity index is 2.04. The number of halogens is 4. The average molecular weight is 454 g/mol. The molecule has 3 rings (SSSR count). The molecule has 2 aromatic rings. The maximum atomic E-state index is 13.6. The largest absolute Gasteiger partial charge is 0.416 e. The summed E-state index contributed by atoms with van der Waals surface area (Å²) in [5.41, 5.74) is 0.894. The van der Waals surface area contributed by atoms with E-state index in [1.54, 1.807) is 16.8 Å². The molecule has 168 valence electrons. The summed E-state index contributed by atoms with van der Waals surface area (Å²) in [7, 11) is 1.70. The minimum Gasteiger partial charge on any atom is -0.341 e. The van der Waals surface area contributed by atoms with E-state index in [4.69, 9.17) is 11.6 Å². The highest BCUT2D eigenvalue weighted by Crippen LogP contribution is 2.40. The first kappa shape index (κ1) is 23.4. The van der Waals surface area contributed by atoms with Crippen LogP contribution >= 0.6 is 11.6 Å². The summed E-state index contributed by atoms with van der Waals surface area (Å²) in [5, 5.41) is -0.238. The van der Waals surface area contributed by atoms with Crippen LogP contribution in [-0.4, -0.2) is 30.0 Å². The summed E-state index contributed by atoms with van der Waals surface area (Å²) in [6, 6.07) is 8.66. The van der Waals surface area contributed by atoms with E-state index in [-0.39, 0.29) is 28.8 Å². The van der Waals surface area contributed by atoms with Crippen LogP contribution < -0.4 is 9.80 Å². The number of nitrogens with zero attached hydrogens (tertiary/aromatic N) is 3. The molecule has 1 saturated heterocycles. The molecule has 1 fully saturated rings. The molecule has 1 aliphatic rings. The quantitative estimate of drug-likeness (QED) is 0.512. The molecule has 0 N–H and O–H groups in total. The number of alkyl halides is 3. The monoisotopic (exact) mass is 453 g/mol. The van der Waals surface area contributed by atoms with Crippen LogP contribution in [0.1, 0.15) is 44.2 Å². The van der Waals surface area contributed by atoms with Crippen molar-refractivity contribution in [1.29, 1.82) is 0 Å². The van der Waals surface area contributed by atoms with Gasteiger partial charge in [-0.2, -0.15) is 13.2 Å². The first-order valence-corrected chi connectivity index (χ1v) is 10.8. The van der Waals surface area contributed by atoms with Crippen LogP contribution in [-0.2, 0) is 11.0 Å². The van der Waals surface area contributed by atoms with E-state index in [9.17, 15) is 18.0 Å². The van der Waals surface area contributed by atoms with Gasteiger partial charge in [0.15, 0.2) is 0 Å². The highest BCUT2D eigenvalue weighted by molar-refractivity contribution is 6.29.